The highest BCUT2D eigenvalue weighted by Gasteiger charge is 2.24. The van der Waals surface area contributed by atoms with E-state index in [9.17, 15) is 9.90 Å². The summed E-state index contributed by atoms with van der Waals surface area (Å²) >= 11 is 0. The minimum atomic E-state index is -0.101. The van der Waals surface area contributed by atoms with Crippen LogP contribution in [0.2, 0.25) is 0 Å². The van der Waals surface area contributed by atoms with Crippen LogP contribution in [-0.4, -0.2) is 48.1 Å². The van der Waals surface area contributed by atoms with Gasteiger partial charge in [-0.25, -0.2) is 0 Å². The summed E-state index contributed by atoms with van der Waals surface area (Å²) in [6.45, 7) is 2.23. The van der Waals surface area contributed by atoms with Gasteiger partial charge in [0.1, 0.15) is 12.4 Å². The predicted octanol–water partition coefficient (Wildman–Crippen LogP) is 1.48. The number of ether oxygens (including phenoxy) is 1. The Morgan fingerprint density at radius 2 is 2.00 bits per heavy atom. The lowest BCUT2D eigenvalue weighted by Crippen LogP contribution is -2.41. The zero-order valence-corrected chi connectivity index (χ0v) is 15.6. The molecule has 28 heavy (non-hydrogen) atoms. The summed E-state index contributed by atoms with van der Waals surface area (Å²) in [5.41, 5.74) is 7.04. The number of nitrogen functional groups attached to an aromatic ring is 1. The fourth-order valence-electron chi connectivity index (χ4n) is 3.23. The molecule has 1 aromatic heterocycles. The number of aromatic nitrogens is 1. The van der Waals surface area contributed by atoms with Gasteiger partial charge in [-0.2, -0.15) is 0 Å². The van der Waals surface area contributed by atoms with Gasteiger partial charge in [0.15, 0.2) is 11.5 Å². The van der Waals surface area contributed by atoms with Gasteiger partial charge in [0.05, 0.1) is 6.54 Å². The first kappa shape index (κ1) is 19.5. The Hall–Kier alpha value is -3.29. The number of carbonyl (C=O) groups is 1. The molecule has 8 heteroatoms. The molecular formula is C20H25N5O3. The van der Waals surface area contributed by atoms with Gasteiger partial charge in [0, 0.05) is 42.7 Å². The van der Waals surface area contributed by atoms with E-state index in [1.807, 2.05) is 12.1 Å². The van der Waals surface area contributed by atoms with Crippen molar-refractivity contribution in [1.82, 2.24) is 10.3 Å². The molecule has 1 saturated heterocycles. The Morgan fingerprint density at radius 3 is 2.68 bits per heavy atom. The molecular weight excluding hydrogens is 358 g/mol. The average Bonchev–Trinajstić information content (AvgIpc) is 2.72. The van der Waals surface area contributed by atoms with Gasteiger partial charge in [-0.05, 0) is 43.2 Å². The van der Waals surface area contributed by atoms with Crippen molar-refractivity contribution in [2.75, 3.05) is 31.1 Å². The SMILES string of the molecule is N=C(N)c1ccc(O)c(OCCNC(=O)C2CCN(c3ccncc3)CC2)c1. The van der Waals surface area contributed by atoms with E-state index in [0.717, 1.165) is 31.6 Å². The number of carbonyl (C=O) groups excluding carboxylic acids is 1. The van der Waals surface area contributed by atoms with E-state index in [2.05, 4.69) is 15.2 Å². The maximum atomic E-state index is 12.4. The second kappa shape index (κ2) is 9.07. The van der Waals surface area contributed by atoms with E-state index >= 15 is 0 Å². The standard InChI is InChI=1S/C20H25N5O3/c21-19(22)15-1-2-17(26)18(13-15)28-12-9-24-20(27)14-5-10-25(11-6-14)16-3-7-23-8-4-16/h1-4,7-8,13-14,26H,5-6,9-12H2,(H3,21,22)(H,24,27). The number of amidine groups is 1. The fraction of sp³-hybridized carbons (Fsp3) is 0.350. The van der Waals surface area contributed by atoms with Crippen LogP contribution in [0.4, 0.5) is 5.69 Å². The van der Waals surface area contributed by atoms with Crippen molar-refractivity contribution in [2.45, 2.75) is 12.8 Å². The Balaban J connectivity index is 1.41. The third-order valence-electron chi connectivity index (χ3n) is 4.82. The zero-order chi connectivity index (χ0) is 19.9. The maximum absolute atomic E-state index is 12.4. The monoisotopic (exact) mass is 383 g/mol. The minimum Gasteiger partial charge on any atom is -0.504 e. The van der Waals surface area contributed by atoms with Crippen LogP contribution in [0.15, 0.2) is 42.7 Å². The molecule has 0 aliphatic carbocycles. The largest absolute Gasteiger partial charge is 0.504 e. The zero-order valence-electron chi connectivity index (χ0n) is 15.6. The number of pyridine rings is 1. The van der Waals surface area contributed by atoms with Gasteiger partial charge in [0.2, 0.25) is 5.91 Å². The van der Waals surface area contributed by atoms with Crippen molar-refractivity contribution < 1.29 is 14.6 Å². The average molecular weight is 383 g/mol. The molecule has 0 radical (unpaired) electrons. The number of aromatic hydroxyl groups is 1. The molecule has 3 rings (SSSR count). The van der Waals surface area contributed by atoms with Crippen LogP contribution < -0.4 is 20.7 Å². The predicted molar refractivity (Wildman–Crippen MR) is 107 cm³/mol. The molecule has 1 aliphatic heterocycles. The van der Waals surface area contributed by atoms with E-state index in [4.69, 9.17) is 15.9 Å². The van der Waals surface area contributed by atoms with E-state index in [1.54, 1.807) is 18.5 Å². The lowest BCUT2D eigenvalue weighted by Gasteiger charge is -2.32. The number of hydrogen-bond donors (Lipinski definition) is 4. The highest BCUT2D eigenvalue weighted by Crippen LogP contribution is 2.26. The quantitative estimate of drug-likeness (QED) is 0.326. The second-order valence-electron chi connectivity index (χ2n) is 6.70. The molecule has 5 N–H and O–H groups in total. The number of anilines is 1. The Labute approximate surface area is 163 Å². The van der Waals surface area contributed by atoms with Gasteiger partial charge in [-0.3, -0.25) is 15.2 Å². The van der Waals surface area contributed by atoms with Crippen LogP contribution in [0, 0.1) is 11.3 Å². The second-order valence-corrected chi connectivity index (χ2v) is 6.70. The molecule has 0 atom stereocenters. The number of piperidine rings is 1. The smallest absolute Gasteiger partial charge is 0.223 e. The van der Waals surface area contributed by atoms with Gasteiger partial charge < -0.3 is 25.8 Å². The normalized spacial score (nSPS) is 14.5. The van der Waals surface area contributed by atoms with Gasteiger partial charge >= 0.3 is 0 Å². The molecule has 1 aliphatic rings. The van der Waals surface area contributed by atoms with E-state index in [1.165, 1.54) is 12.1 Å². The summed E-state index contributed by atoms with van der Waals surface area (Å²) in [6, 6.07) is 8.45. The van der Waals surface area contributed by atoms with E-state index < -0.39 is 0 Å². The van der Waals surface area contributed by atoms with Crippen molar-refractivity contribution in [3.8, 4) is 11.5 Å². The summed E-state index contributed by atoms with van der Waals surface area (Å²) in [4.78, 5) is 18.7. The van der Waals surface area contributed by atoms with E-state index in [0.29, 0.717) is 12.1 Å². The minimum absolute atomic E-state index is 0.00692. The van der Waals surface area contributed by atoms with Crippen LogP contribution in [-0.2, 0) is 4.79 Å². The highest BCUT2D eigenvalue weighted by molar-refractivity contribution is 5.95. The summed E-state index contributed by atoms with van der Waals surface area (Å²) in [6.07, 6.45) is 5.16. The van der Waals surface area contributed by atoms with Gasteiger partial charge in [-0.1, -0.05) is 0 Å². The number of phenols is 1. The first-order valence-electron chi connectivity index (χ1n) is 9.27. The molecule has 2 aromatic rings. The topological polar surface area (TPSA) is 125 Å². The molecule has 148 valence electrons. The van der Waals surface area contributed by atoms with Crippen molar-refractivity contribution in [3.05, 3.63) is 48.3 Å². The van der Waals surface area contributed by atoms with Crippen molar-refractivity contribution in [1.29, 1.82) is 5.41 Å². The number of amides is 1. The third kappa shape index (κ3) is 4.91. The summed E-state index contributed by atoms with van der Waals surface area (Å²) < 4.78 is 5.51. The molecule has 1 aromatic carbocycles. The van der Waals surface area contributed by atoms with Crippen molar-refractivity contribution in [2.24, 2.45) is 11.7 Å². The fourth-order valence-corrected chi connectivity index (χ4v) is 3.23. The lowest BCUT2D eigenvalue weighted by atomic mass is 9.95. The maximum Gasteiger partial charge on any atom is 0.223 e. The van der Waals surface area contributed by atoms with E-state index in [-0.39, 0.29) is 35.8 Å². The Bertz CT molecular complexity index is 820. The summed E-state index contributed by atoms with van der Waals surface area (Å²) in [7, 11) is 0. The molecule has 1 fully saturated rings. The molecule has 0 unspecified atom stereocenters. The van der Waals surface area contributed by atoms with Crippen LogP contribution >= 0.6 is 0 Å². The lowest BCUT2D eigenvalue weighted by molar-refractivity contribution is -0.125. The molecule has 0 bridgehead atoms. The number of nitrogens with two attached hydrogens (primary N) is 1. The molecule has 0 saturated carbocycles. The van der Waals surface area contributed by atoms with Crippen molar-refractivity contribution in [3.63, 3.8) is 0 Å². The summed E-state index contributed by atoms with van der Waals surface area (Å²) in [5.74, 6) is 0.135. The molecule has 0 spiro atoms. The number of rotatable bonds is 7. The highest BCUT2D eigenvalue weighted by atomic mass is 16.5. The first-order chi connectivity index (χ1) is 13.5. The first-order valence-corrected chi connectivity index (χ1v) is 9.27. The van der Waals surface area contributed by atoms with Crippen LogP contribution in [0.5, 0.6) is 11.5 Å². The van der Waals surface area contributed by atoms with Crippen LogP contribution in [0.1, 0.15) is 18.4 Å². The molecule has 2 heterocycles. The number of benzene rings is 1. The summed E-state index contributed by atoms with van der Waals surface area (Å²) in [5, 5.41) is 20.1. The van der Waals surface area contributed by atoms with Gasteiger partial charge in [0.25, 0.3) is 0 Å². The van der Waals surface area contributed by atoms with Crippen LogP contribution in [0.3, 0.4) is 0 Å². The molecule has 1 amide bonds. The Morgan fingerprint density at radius 1 is 1.29 bits per heavy atom. The third-order valence-corrected chi connectivity index (χ3v) is 4.82. The number of nitrogens with zero attached hydrogens (tertiary/aromatic N) is 2. The van der Waals surface area contributed by atoms with Gasteiger partial charge in [-0.15, -0.1) is 0 Å². The number of phenolic OH excluding ortho intramolecular Hbond substituents is 1. The van der Waals surface area contributed by atoms with Crippen LogP contribution in [0.25, 0.3) is 0 Å². The number of nitrogens with one attached hydrogen (secondary N) is 2. The Kier molecular flexibility index (Phi) is 6.31. The molecule has 8 nitrogen and oxygen atoms in total. The number of hydrogen-bond acceptors (Lipinski definition) is 6. The van der Waals surface area contributed by atoms with Crippen molar-refractivity contribution >= 4 is 17.4 Å².